The summed E-state index contributed by atoms with van der Waals surface area (Å²) >= 11 is 0. The Morgan fingerprint density at radius 1 is 1.33 bits per heavy atom. The maximum absolute atomic E-state index is 13.0. The highest BCUT2D eigenvalue weighted by Crippen LogP contribution is 2.26. The van der Waals surface area contributed by atoms with Gasteiger partial charge in [-0.3, -0.25) is 9.48 Å². The molecule has 0 saturated carbocycles. The van der Waals surface area contributed by atoms with Crippen molar-refractivity contribution in [2.75, 3.05) is 6.54 Å². The number of hydrogen-bond donors (Lipinski definition) is 0. The lowest BCUT2D eigenvalue weighted by atomic mass is 10.0. The summed E-state index contributed by atoms with van der Waals surface area (Å²) in [6, 6.07) is 2.22. The summed E-state index contributed by atoms with van der Waals surface area (Å²) in [5, 5.41) is 5.32. The first-order valence-corrected chi connectivity index (χ1v) is 7.61. The Bertz CT molecular complexity index is 704. The van der Waals surface area contributed by atoms with Crippen molar-refractivity contribution in [2.24, 2.45) is 7.05 Å². The molecule has 1 aliphatic heterocycles. The molecule has 1 unspecified atom stereocenters. The number of fused-ring (bicyclic) bond motifs is 1. The van der Waals surface area contributed by atoms with Crippen LogP contribution >= 0.6 is 0 Å². The third-order valence-corrected chi connectivity index (χ3v) is 4.39. The van der Waals surface area contributed by atoms with Crippen LogP contribution in [0, 0.1) is 13.8 Å². The zero-order valence-corrected chi connectivity index (χ0v) is 13.2. The highest BCUT2D eigenvalue weighted by atomic mass is 16.2. The van der Waals surface area contributed by atoms with E-state index >= 15 is 0 Å². The standard InChI is InChI=1S/C16H22N4O/c1-10-9-13(14-12(3)18-19(4)15(14)17-10)16(21)20-8-6-5-7-11(20)2/h9,11H,5-8H2,1-4H3. The molecule has 5 heteroatoms. The van der Waals surface area contributed by atoms with Gasteiger partial charge in [0.05, 0.1) is 16.6 Å². The Morgan fingerprint density at radius 3 is 2.81 bits per heavy atom. The second-order valence-electron chi connectivity index (χ2n) is 6.06. The normalized spacial score (nSPS) is 19.2. The summed E-state index contributed by atoms with van der Waals surface area (Å²) in [6.45, 7) is 6.86. The minimum Gasteiger partial charge on any atom is -0.336 e. The van der Waals surface area contributed by atoms with Crippen molar-refractivity contribution in [1.82, 2.24) is 19.7 Å². The molecule has 1 amide bonds. The van der Waals surface area contributed by atoms with E-state index < -0.39 is 0 Å². The van der Waals surface area contributed by atoms with Crippen molar-refractivity contribution in [2.45, 2.75) is 46.1 Å². The highest BCUT2D eigenvalue weighted by molar-refractivity contribution is 6.06. The Kier molecular flexibility index (Phi) is 3.43. The van der Waals surface area contributed by atoms with E-state index in [1.54, 1.807) is 4.68 Å². The van der Waals surface area contributed by atoms with Crippen LogP contribution in [0.5, 0.6) is 0 Å². The zero-order chi connectivity index (χ0) is 15.1. The largest absolute Gasteiger partial charge is 0.336 e. The maximum atomic E-state index is 13.0. The second-order valence-corrected chi connectivity index (χ2v) is 6.06. The molecule has 0 bridgehead atoms. The van der Waals surface area contributed by atoms with Gasteiger partial charge in [-0.25, -0.2) is 4.98 Å². The fourth-order valence-electron chi connectivity index (χ4n) is 3.29. The van der Waals surface area contributed by atoms with Crippen LogP contribution in [0.15, 0.2) is 6.07 Å². The zero-order valence-electron chi connectivity index (χ0n) is 13.2. The molecule has 21 heavy (non-hydrogen) atoms. The van der Waals surface area contributed by atoms with Crippen molar-refractivity contribution >= 4 is 16.9 Å². The van der Waals surface area contributed by atoms with E-state index in [2.05, 4.69) is 17.0 Å². The SMILES string of the molecule is Cc1cc(C(=O)N2CCCCC2C)c2c(C)nn(C)c2n1. The van der Waals surface area contributed by atoms with Crippen LogP contribution in [-0.2, 0) is 7.05 Å². The second kappa shape index (κ2) is 5.13. The van der Waals surface area contributed by atoms with E-state index in [0.717, 1.165) is 47.4 Å². The van der Waals surface area contributed by atoms with Crippen LogP contribution in [-0.4, -0.2) is 38.2 Å². The fraction of sp³-hybridized carbons (Fsp3) is 0.562. The summed E-state index contributed by atoms with van der Waals surface area (Å²) in [7, 11) is 1.87. The molecule has 2 aromatic heterocycles. The Hall–Kier alpha value is -1.91. The van der Waals surface area contributed by atoms with Crippen molar-refractivity contribution in [3.05, 3.63) is 23.0 Å². The lowest BCUT2D eigenvalue weighted by molar-refractivity contribution is 0.0637. The number of aromatic nitrogens is 3. The average Bonchev–Trinajstić information content (AvgIpc) is 2.73. The number of amides is 1. The van der Waals surface area contributed by atoms with E-state index in [1.807, 2.05) is 31.9 Å². The van der Waals surface area contributed by atoms with Gasteiger partial charge >= 0.3 is 0 Å². The molecule has 3 rings (SSSR count). The number of piperidine rings is 1. The molecule has 5 nitrogen and oxygen atoms in total. The van der Waals surface area contributed by atoms with E-state index in [1.165, 1.54) is 6.42 Å². The van der Waals surface area contributed by atoms with Gasteiger partial charge in [-0.15, -0.1) is 0 Å². The van der Waals surface area contributed by atoms with E-state index in [0.29, 0.717) is 6.04 Å². The molecule has 3 heterocycles. The van der Waals surface area contributed by atoms with E-state index in [-0.39, 0.29) is 5.91 Å². The van der Waals surface area contributed by atoms with Gasteiger partial charge in [-0.2, -0.15) is 5.10 Å². The van der Waals surface area contributed by atoms with Crippen LogP contribution in [0.2, 0.25) is 0 Å². The van der Waals surface area contributed by atoms with Gasteiger partial charge in [-0.1, -0.05) is 0 Å². The van der Waals surface area contributed by atoms with Gasteiger partial charge in [0.2, 0.25) is 0 Å². The van der Waals surface area contributed by atoms with Gasteiger partial charge in [0.1, 0.15) is 0 Å². The quantitative estimate of drug-likeness (QED) is 0.809. The Balaban J connectivity index is 2.13. The van der Waals surface area contributed by atoms with Crippen LogP contribution in [0.4, 0.5) is 0 Å². The molecule has 0 spiro atoms. The average molecular weight is 286 g/mol. The lowest BCUT2D eigenvalue weighted by Crippen LogP contribution is -2.42. The number of aryl methyl sites for hydroxylation is 3. The van der Waals surface area contributed by atoms with Gasteiger partial charge in [0, 0.05) is 25.3 Å². The van der Waals surface area contributed by atoms with E-state index in [4.69, 9.17) is 0 Å². The molecule has 0 N–H and O–H groups in total. The monoisotopic (exact) mass is 286 g/mol. The molecule has 1 saturated heterocycles. The minimum absolute atomic E-state index is 0.119. The van der Waals surface area contributed by atoms with Gasteiger partial charge in [0.25, 0.3) is 5.91 Å². The van der Waals surface area contributed by atoms with E-state index in [9.17, 15) is 4.79 Å². The smallest absolute Gasteiger partial charge is 0.254 e. The number of hydrogen-bond acceptors (Lipinski definition) is 3. The molecule has 1 atom stereocenters. The highest BCUT2D eigenvalue weighted by Gasteiger charge is 2.27. The number of rotatable bonds is 1. The summed E-state index contributed by atoms with van der Waals surface area (Å²) < 4.78 is 1.76. The number of nitrogens with zero attached hydrogens (tertiary/aromatic N) is 4. The van der Waals surface area contributed by atoms with Gasteiger partial charge < -0.3 is 4.90 Å². The van der Waals surface area contributed by atoms with Crippen LogP contribution in [0.3, 0.4) is 0 Å². The van der Waals surface area contributed by atoms with Crippen LogP contribution in [0.1, 0.15) is 47.9 Å². The van der Waals surface area contributed by atoms with Crippen molar-refractivity contribution in [3.8, 4) is 0 Å². The Morgan fingerprint density at radius 2 is 2.10 bits per heavy atom. The van der Waals surface area contributed by atoms with Gasteiger partial charge in [0.15, 0.2) is 5.65 Å². The number of pyridine rings is 1. The molecule has 112 valence electrons. The summed E-state index contributed by atoms with van der Waals surface area (Å²) in [4.78, 5) is 19.5. The van der Waals surface area contributed by atoms with Crippen molar-refractivity contribution in [3.63, 3.8) is 0 Å². The lowest BCUT2D eigenvalue weighted by Gasteiger charge is -2.33. The molecule has 0 aliphatic carbocycles. The predicted octanol–water partition coefficient (Wildman–Crippen LogP) is 2.60. The van der Waals surface area contributed by atoms with Gasteiger partial charge in [-0.05, 0) is 46.1 Å². The maximum Gasteiger partial charge on any atom is 0.254 e. The molecule has 1 aliphatic rings. The van der Waals surface area contributed by atoms with Crippen LogP contribution in [0.25, 0.3) is 11.0 Å². The predicted molar refractivity (Wildman–Crippen MR) is 82.3 cm³/mol. The Labute approximate surface area is 125 Å². The molecular formula is C16H22N4O. The number of carbonyl (C=O) groups excluding carboxylic acids is 1. The molecule has 1 fully saturated rings. The molecular weight excluding hydrogens is 264 g/mol. The summed E-state index contributed by atoms with van der Waals surface area (Å²) in [5.41, 5.74) is 3.27. The van der Waals surface area contributed by atoms with Crippen LogP contribution < -0.4 is 0 Å². The number of likely N-dealkylation sites (tertiary alicyclic amines) is 1. The van der Waals surface area contributed by atoms with Crippen molar-refractivity contribution in [1.29, 1.82) is 0 Å². The molecule has 0 aromatic carbocycles. The third kappa shape index (κ3) is 2.30. The summed E-state index contributed by atoms with van der Waals surface area (Å²) in [6.07, 6.45) is 3.39. The minimum atomic E-state index is 0.119. The molecule has 2 aromatic rings. The summed E-state index contributed by atoms with van der Waals surface area (Å²) in [5.74, 6) is 0.119. The van der Waals surface area contributed by atoms with Crippen molar-refractivity contribution < 1.29 is 4.79 Å². The molecule has 0 radical (unpaired) electrons. The topological polar surface area (TPSA) is 51.0 Å². The first kappa shape index (κ1) is 14.0. The number of carbonyl (C=O) groups is 1. The fourth-order valence-corrected chi connectivity index (χ4v) is 3.29. The first-order chi connectivity index (χ1) is 9.99. The third-order valence-electron chi connectivity index (χ3n) is 4.39. The first-order valence-electron chi connectivity index (χ1n) is 7.61.